The number of imide groups is 1. The minimum absolute atomic E-state index is 0.192. The van der Waals surface area contributed by atoms with E-state index in [9.17, 15) is 9.59 Å². The first kappa shape index (κ1) is 13.1. The van der Waals surface area contributed by atoms with Crippen LogP contribution in [-0.2, 0) is 17.8 Å². The van der Waals surface area contributed by atoms with Crippen molar-refractivity contribution in [3.05, 3.63) is 21.9 Å². The molecule has 0 saturated carbocycles. The van der Waals surface area contributed by atoms with Crippen molar-refractivity contribution in [3.8, 4) is 0 Å². The average molecular weight is 266 g/mol. The summed E-state index contributed by atoms with van der Waals surface area (Å²) in [6.45, 7) is 6.36. The largest absolute Gasteiger partial charge is 0.325 e. The lowest BCUT2D eigenvalue weighted by Crippen LogP contribution is -2.45. The van der Waals surface area contributed by atoms with E-state index in [1.54, 1.807) is 16.2 Å². The Morgan fingerprint density at radius 1 is 1.28 bits per heavy atom. The van der Waals surface area contributed by atoms with Gasteiger partial charge in [0.05, 0.1) is 6.54 Å². The fraction of sp³-hybridized carbons (Fsp3) is 0.538. The Labute approximate surface area is 111 Å². The zero-order valence-corrected chi connectivity index (χ0v) is 11.8. The van der Waals surface area contributed by atoms with E-state index in [1.165, 1.54) is 4.88 Å². The third-order valence-electron chi connectivity index (χ3n) is 3.62. The molecule has 0 bridgehead atoms. The minimum Gasteiger partial charge on any atom is -0.305 e. The third kappa shape index (κ3) is 2.03. The van der Waals surface area contributed by atoms with Gasteiger partial charge >= 0.3 is 6.03 Å². The van der Waals surface area contributed by atoms with Gasteiger partial charge in [0.1, 0.15) is 5.54 Å². The molecule has 0 aromatic carbocycles. The maximum atomic E-state index is 11.8. The van der Waals surface area contributed by atoms with Crippen LogP contribution < -0.4 is 5.32 Å². The fourth-order valence-electron chi connectivity index (χ4n) is 2.10. The summed E-state index contributed by atoms with van der Waals surface area (Å²) in [4.78, 5) is 27.7. The molecule has 1 aromatic rings. The van der Waals surface area contributed by atoms with E-state index in [2.05, 4.69) is 18.3 Å². The molecule has 2 heterocycles. The summed E-state index contributed by atoms with van der Waals surface area (Å²) in [5, 5.41) is 2.40. The number of amides is 3. The van der Waals surface area contributed by atoms with Crippen molar-refractivity contribution in [2.24, 2.45) is 0 Å². The Morgan fingerprint density at radius 3 is 2.50 bits per heavy atom. The number of carbonyl (C=O) groups is 2. The molecule has 0 spiro atoms. The lowest BCUT2D eigenvalue weighted by molar-refractivity contribution is -0.126. The van der Waals surface area contributed by atoms with Gasteiger partial charge in [0.15, 0.2) is 0 Å². The van der Waals surface area contributed by atoms with E-state index in [0.29, 0.717) is 13.0 Å². The molecule has 1 N–H and O–H groups in total. The van der Waals surface area contributed by atoms with Crippen LogP contribution in [0.3, 0.4) is 0 Å². The van der Waals surface area contributed by atoms with Crippen molar-refractivity contribution in [2.45, 2.75) is 45.7 Å². The molecule has 18 heavy (non-hydrogen) atoms. The molecule has 4 nitrogen and oxygen atoms in total. The summed E-state index contributed by atoms with van der Waals surface area (Å²) in [6, 6.07) is 3.84. The second-order valence-electron chi connectivity index (χ2n) is 4.69. The summed E-state index contributed by atoms with van der Waals surface area (Å²) in [6.07, 6.45) is 1.62. The molecule has 1 saturated heterocycles. The Bertz CT molecular complexity index is 483. The second-order valence-corrected chi connectivity index (χ2v) is 5.95. The number of hydrogen-bond acceptors (Lipinski definition) is 3. The standard InChI is InChI=1S/C13H18N2O2S/c1-4-9-6-7-10(18-9)8-15-12(17)14-11(16)13(15,3)5-2/h6-7H,4-5,8H2,1-3H3,(H,14,16,17). The molecule has 0 radical (unpaired) electrons. The monoisotopic (exact) mass is 266 g/mol. The molecule has 1 aliphatic rings. The van der Waals surface area contributed by atoms with Crippen molar-refractivity contribution in [1.29, 1.82) is 0 Å². The summed E-state index contributed by atoms with van der Waals surface area (Å²) < 4.78 is 0. The molecule has 1 fully saturated rings. The number of rotatable bonds is 4. The highest BCUT2D eigenvalue weighted by Gasteiger charge is 2.47. The molecule has 0 aliphatic carbocycles. The topological polar surface area (TPSA) is 49.4 Å². The molecular formula is C13H18N2O2S. The van der Waals surface area contributed by atoms with Gasteiger partial charge < -0.3 is 4.90 Å². The van der Waals surface area contributed by atoms with Gasteiger partial charge in [-0.25, -0.2) is 4.79 Å². The molecule has 5 heteroatoms. The second kappa shape index (κ2) is 4.72. The number of nitrogens with one attached hydrogen (secondary N) is 1. The predicted molar refractivity (Wildman–Crippen MR) is 71.5 cm³/mol. The fourth-order valence-corrected chi connectivity index (χ4v) is 3.04. The van der Waals surface area contributed by atoms with Gasteiger partial charge in [-0.15, -0.1) is 11.3 Å². The van der Waals surface area contributed by atoms with Crippen LogP contribution in [0.25, 0.3) is 0 Å². The highest BCUT2D eigenvalue weighted by molar-refractivity contribution is 7.11. The van der Waals surface area contributed by atoms with Gasteiger partial charge in [-0.1, -0.05) is 13.8 Å². The summed E-state index contributed by atoms with van der Waals surface area (Å²) in [7, 11) is 0. The zero-order chi connectivity index (χ0) is 13.3. The van der Waals surface area contributed by atoms with Gasteiger partial charge in [0.25, 0.3) is 5.91 Å². The van der Waals surface area contributed by atoms with E-state index >= 15 is 0 Å². The van der Waals surface area contributed by atoms with Crippen molar-refractivity contribution >= 4 is 23.3 Å². The SMILES string of the molecule is CCc1ccc(CN2C(=O)NC(=O)C2(C)CC)s1. The van der Waals surface area contributed by atoms with E-state index in [4.69, 9.17) is 0 Å². The Hall–Kier alpha value is -1.36. The third-order valence-corrected chi connectivity index (χ3v) is 4.83. The number of aryl methyl sites for hydroxylation is 1. The van der Waals surface area contributed by atoms with Crippen LogP contribution in [0.1, 0.15) is 36.9 Å². The van der Waals surface area contributed by atoms with Crippen LogP contribution >= 0.6 is 11.3 Å². The van der Waals surface area contributed by atoms with Gasteiger partial charge in [-0.2, -0.15) is 0 Å². The normalized spacial score (nSPS) is 23.6. The van der Waals surface area contributed by atoms with Crippen LogP contribution in [0.2, 0.25) is 0 Å². The lowest BCUT2D eigenvalue weighted by atomic mass is 9.97. The summed E-state index contributed by atoms with van der Waals surface area (Å²) >= 11 is 1.70. The Morgan fingerprint density at radius 2 is 1.94 bits per heavy atom. The number of hydrogen-bond donors (Lipinski definition) is 1. The van der Waals surface area contributed by atoms with Gasteiger partial charge in [-0.3, -0.25) is 10.1 Å². The van der Waals surface area contributed by atoms with Gasteiger partial charge in [0, 0.05) is 9.75 Å². The van der Waals surface area contributed by atoms with Crippen LogP contribution in [0.4, 0.5) is 4.79 Å². The zero-order valence-electron chi connectivity index (χ0n) is 10.9. The number of nitrogens with zero attached hydrogens (tertiary/aromatic N) is 1. The van der Waals surface area contributed by atoms with Crippen molar-refractivity contribution in [2.75, 3.05) is 0 Å². The highest BCUT2D eigenvalue weighted by Crippen LogP contribution is 2.29. The van der Waals surface area contributed by atoms with E-state index in [1.807, 2.05) is 19.9 Å². The van der Waals surface area contributed by atoms with E-state index in [-0.39, 0.29) is 11.9 Å². The van der Waals surface area contributed by atoms with Crippen LogP contribution in [-0.4, -0.2) is 22.4 Å². The first-order chi connectivity index (χ1) is 8.51. The molecule has 1 unspecified atom stereocenters. The number of carbonyl (C=O) groups excluding carboxylic acids is 2. The molecule has 3 amide bonds. The maximum absolute atomic E-state index is 11.8. The van der Waals surface area contributed by atoms with Crippen LogP contribution in [0, 0.1) is 0 Å². The molecular weight excluding hydrogens is 248 g/mol. The summed E-state index contributed by atoms with van der Waals surface area (Å²) in [5.74, 6) is -0.192. The van der Waals surface area contributed by atoms with Crippen molar-refractivity contribution in [3.63, 3.8) is 0 Å². The molecule has 1 aliphatic heterocycles. The van der Waals surface area contributed by atoms with E-state index < -0.39 is 5.54 Å². The first-order valence-electron chi connectivity index (χ1n) is 6.22. The predicted octanol–water partition coefficient (Wildman–Crippen LogP) is 2.53. The van der Waals surface area contributed by atoms with E-state index in [0.717, 1.165) is 11.3 Å². The Kier molecular flexibility index (Phi) is 3.43. The molecule has 1 atom stereocenters. The number of urea groups is 1. The minimum atomic E-state index is -0.715. The summed E-state index contributed by atoms with van der Waals surface area (Å²) in [5.41, 5.74) is -0.715. The smallest absolute Gasteiger partial charge is 0.305 e. The van der Waals surface area contributed by atoms with Gasteiger partial charge in [0.2, 0.25) is 0 Å². The lowest BCUT2D eigenvalue weighted by Gasteiger charge is -2.30. The quantitative estimate of drug-likeness (QED) is 0.851. The molecule has 1 aromatic heterocycles. The van der Waals surface area contributed by atoms with Gasteiger partial charge in [-0.05, 0) is 31.9 Å². The Balaban J connectivity index is 2.21. The first-order valence-corrected chi connectivity index (χ1v) is 7.03. The highest BCUT2D eigenvalue weighted by atomic mass is 32.1. The maximum Gasteiger partial charge on any atom is 0.325 e. The van der Waals surface area contributed by atoms with Crippen molar-refractivity contribution in [1.82, 2.24) is 10.2 Å². The molecule has 98 valence electrons. The van der Waals surface area contributed by atoms with Crippen molar-refractivity contribution < 1.29 is 9.59 Å². The average Bonchev–Trinajstić information content (AvgIpc) is 2.89. The van der Waals surface area contributed by atoms with Crippen LogP contribution in [0.15, 0.2) is 12.1 Å². The number of thiophene rings is 1. The molecule has 2 rings (SSSR count). The van der Waals surface area contributed by atoms with Crippen LogP contribution in [0.5, 0.6) is 0 Å².